The number of rotatable bonds is 8. The van der Waals surface area contributed by atoms with Crippen molar-refractivity contribution in [2.75, 3.05) is 26.2 Å². The van der Waals surface area contributed by atoms with Gasteiger partial charge in [0.2, 0.25) is 0 Å². The van der Waals surface area contributed by atoms with Crippen molar-refractivity contribution >= 4 is 5.91 Å². The lowest BCUT2D eigenvalue weighted by atomic mass is 9.90. The number of carbonyl (C=O) groups excluding carboxylic acids is 1. The number of nitrogens with zero attached hydrogens (tertiary/aromatic N) is 7. The van der Waals surface area contributed by atoms with Crippen molar-refractivity contribution < 1.29 is 18.0 Å². The molecule has 2 aliphatic rings. The molecule has 0 atom stereocenters. The number of hydrogen-bond acceptors (Lipinski definition) is 7. The highest BCUT2D eigenvalue weighted by Crippen LogP contribution is 2.32. The molecule has 3 aromatic rings. The van der Waals surface area contributed by atoms with Crippen LogP contribution in [0.3, 0.4) is 0 Å². The zero-order valence-corrected chi connectivity index (χ0v) is 21.7. The number of benzene rings is 1. The van der Waals surface area contributed by atoms with E-state index in [-0.39, 0.29) is 31.0 Å². The lowest BCUT2D eigenvalue weighted by molar-refractivity contribution is -0.149. The first-order valence-electron chi connectivity index (χ1n) is 13.3. The fourth-order valence-corrected chi connectivity index (χ4v) is 5.51. The molecule has 5 rings (SSSR count). The topological polar surface area (TPSA) is 78.4 Å². The highest BCUT2D eigenvalue weighted by atomic mass is 19.1. The second-order valence-electron chi connectivity index (χ2n) is 10.4. The van der Waals surface area contributed by atoms with Crippen LogP contribution in [0.5, 0.6) is 0 Å². The molecule has 2 aromatic heterocycles. The normalized spacial score (nSPS) is 18.4. The maximum atomic E-state index is 15.8. The molecular weight excluding hydrogens is 507 g/mol. The van der Waals surface area contributed by atoms with Crippen LogP contribution in [0.2, 0.25) is 0 Å². The van der Waals surface area contributed by atoms with E-state index in [4.69, 9.17) is 0 Å². The Morgan fingerprint density at radius 3 is 2.08 bits per heavy atom. The summed E-state index contributed by atoms with van der Waals surface area (Å²) in [5, 5.41) is 15.4. The number of aromatic nitrogens is 4. The molecule has 206 valence electrons. The number of alkyl halides is 1. The minimum absolute atomic E-state index is 0.00930. The van der Waals surface area contributed by atoms with Crippen molar-refractivity contribution in [1.29, 1.82) is 0 Å². The molecule has 0 saturated carbocycles. The molecule has 0 aliphatic carbocycles. The van der Waals surface area contributed by atoms with E-state index in [1.807, 2.05) is 17.0 Å². The second-order valence-corrected chi connectivity index (χ2v) is 10.4. The quantitative estimate of drug-likeness (QED) is 0.433. The summed E-state index contributed by atoms with van der Waals surface area (Å²) in [5.41, 5.74) is 0.0119. The van der Waals surface area contributed by atoms with Gasteiger partial charge in [-0.05, 0) is 48.2 Å². The number of hydrogen-bond donors (Lipinski definition) is 0. The van der Waals surface area contributed by atoms with Crippen LogP contribution in [0.1, 0.15) is 42.4 Å². The Kier molecular flexibility index (Phi) is 8.47. The van der Waals surface area contributed by atoms with Crippen LogP contribution in [0.25, 0.3) is 0 Å². The van der Waals surface area contributed by atoms with Gasteiger partial charge >= 0.3 is 0 Å². The lowest BCUT2D eigenvalue weighted by Gasteiger charge is -2.42. The van der Waals surface area contributed by atoms with Gasteiger partial charge in [0.1, 0.15) is 11.6 Å². The van der Waals surface area contributed by atoms with Gasteiger partial charge in [0, 0.05) is 82.7 Å². The summed E-state index contributed by atoms with van der Waals surface area (Å²) in [4.78, 5) is 19.0. The fraction of sp³-hybridized carbons (Fsp3) is 0.464. The predicted octanol–water partition coefficient (Wildman–Crippen LogP) is 3.54. The predicted molar refractivity (Wildman–Crippen MR) is 138 cm³/mol. The van der Waals surface area contributed by atoms with Gasteiger partial charge in [0.15, 0.2) is 5.67 Å². The Bertz CT molecular complexity index is 1210. The maximum Gasteiger partial charge on any atom is 0.260 e. The number of likely N-dealkylation sites (tertiary alicyclic amines) is 2. The molecule has 2 saturated heterocycles. The van der Waals surface area contributed by atoms with Gasteiger partial charge in [-0.1, -0.05) is 6.07 Å². The van der Waals surface area contributed by atoms with Crippen molar-refractivity contribution in [1.82, 2.24) is 35.1 Å². The summed E-state index contributed by atoms with van der Waals surface area (Å²) in [7, 11) is 0. The van der Waals surface area contributed by atoms with Crippen molar-refractivity contribution in [3.8, 4) is 0 Å². The lowest BCUT2D eigenvalue weighted by Crippen LogP contribution is -2.55. The molecule has 0 radical (unpaired) electrons. The maximum absolute atomic E-state index is 15.8. The van der Waals surface area contributed by atoms with Crippen LogP contribution < -0.4 is 0 Å². The molecule has 39 heavy (non-hydrogen) atoms. The van der Waals surface area contributed by atoms with Crippen molar-refractivity contribution in [2.45, 2.75) is 57.0 Å². The number of amides is 1. The van der Waals surface area contributed by atoms with Gasteiger partial charge in [-0.15, -0.1) is 0 Å². The first-order chi connectivity index (χ1) is 18.9. The Labute approximate surface area is 225 Å². The average molecular weight is 540 g/mol. The van der Waals surface area contributed by atoms with E-state index in [2.05, 4.69) is 25.3 Å². The Hall–Kier alpha value is -3.44. The molecule has 1 amide bonds. The summed E-state index contributed by atoms with van der Waals surface area (Å²) in [6.07, 6.45) is 8.01. The summed E-state index contributed by atoms with van der Waals surface area (Å²) < 4.78 is 44.8. The third-order valence-corrected chi connectivity index (χ3v) is 7.81. The Morgan fingerprint density at radius 1 is 0.872 bits per heavy atom. The van der Waals surface area contributed by atoms with Crippen LogP contribution >= 0.6 is 0 Å². The third kappa shape index (κ3) is 6.59. The Balaban J connectivity index is 1.20. The molecule has 1 aromatic carbocycles. The van der Waals surface area contributed by atoms with E-state index < -0.39 is 23.2 Å². The molecule has 8 nitrogen and oxygen atoms in total. The zero-order valence-electron chi connectivity index (χ0n) is 21.7. The first-order valence-corrected chi connectivity index (χ1v) is 13.3. The standard InChI is InChI=1S/C28H32F3N7O/c29-25-2-1-3-26(30)24(25)20-38(19-22-5-11-33-35-17-22)23-6-12-37(13-7-23)27(39)28(31)8-14-36(15-9-28)18-21-4-10-32-34-16-21/h1-5,10-11,16-17,23H,6-9,12-15,18-20H2. The number of halogens is 3. The van der Waals surface area contributed by atoms with Gasteiger partial charge in [0.05, 0.1) is 12.4 Å². The molecule has 0 spiro atoms. The molecule has 4 heterocycles. The molecular formula is C28H32F3N7O. The number of carbonyl (C=O) groups is 1. The first kappa shape index (κ1) is 27.1. The van der Waals surface area contributed by atoms with Crippen molar-refractivity contribution in [3.05, 3.63) is 83.4 Å². The summed E-state index contributed by atoms with van der Waals surface area (Å²) in [6, 6.07) is 7.53. The summed E-state index contributed by atoms with van der Waals surface area (Å²) >= 11 is 0. The third-order valence-electron chi connectivity index (χ3n) is 7.81. The van der Waals surface area contributed by atoms with E-state index in [1.165, 1.54) is 18.2 Å². The van der Waals surface area contributed by atoms with Crippen molar-refractivity contribution in [2.24, 2.45) is 0 Å². The van der Waals surface area contributed by atoms with Crippen LogP contribution in [0.15, 0.2) is 55.1 Å². The smallest absolute Gasteiger partial charge is 0.260 e. The highest BCUT2D eigenvalue weighted by Gasteiger charge is 2.45. The number of piperidine rings is 2. The summed E-state index contributed by atoms with van der Waals surface area (Å²) in [5.74, 6) is -1.63. The molecule has 0 unspecified atom stereocenters. The van der Waals surface area contributed by atoms with Gasteiger partial charge in [-0.3, -0.25) is 14.6 Å². The zero-order chi connectivity index (χ0) is 27.2. The minimum atomic E-state index is -1.88. The second kappa shape index (κ2) is 12.2. The van der Waals surface area contributed by atoms with E-state index in [1.54, 1.807) is 29.7 Å². The van der Waals surface area contributed by atoms with Gasteiger partial charge in [-0.25, -0.2) is 13.2 Å². The van der Waals surface area contributed by atoms with E-state index in [0.29, 0.717) is 52.1 Å². The molecule has 0 N–H and O–H groups in total. The fourth-order valence-electron chi connectivity index (χ4n) is 5.51. The van der Waals surface area contributed by atoms with Crippen LogP contribution in [0.4, 0.5) is 13.2 Å². The monoisotopic (exact) mass is 539 g/mol. The molecule has 2 fully saturated rings. The van der Waals surface area contributed by atoms with E-state index in [9.17, 15) is 13.6 Å². The Morgan fingerprint density at radius 2 is 1.49 bits per heavy atom. The van der Waals surface area contributed by atoms with E-state index in [0.717, 1.165) is 11.1 Å². The van der Waals surface area contributed by atoms with Crippen LogP contribution in [-0.4, -0.2) is 78.9 Å². The molecule has 0 bridgehead atoms. The van der Waals surface area contributed by atoms with Crippen LogP contribution in [-0.2, 0) is 24.4 Å². The minimum Gasteiger partial charge on any atom is -0.340 e. The summed E-state index contributed by atoms with van der Waals surface area (Å²) in [6.45, 7) is 2.93. The van der Waals surface area contributed by atoms with Crippen molar-refractivity contribution in [3.63, 3.8) is 0 Å². The largest absolute Gasteiger partial charge is 0.340 e. The van der Waals surface area contributed by atoms with Gasteiger partial charge < -0.3 is 4.90 Å². The van der Waals surface area contributed by atoms with Gasteiger partial charge in [0.25, 0.3) is 5.91 Å². The average Bonchev–Trinajstić information content (AvgIpc) is 2.96. The van der Waals surface area contributed by atoms with Crippen LogP contribution in [0, 0.1) is 11.6 Å². The SMILES string of the molecule is O=C(N1CCC(N(Cc2ccnnc2)Cc2c(F)cccc2F)CC1)C1(F)CCN(Cc2ccnnc2)CC1. The highest BCUT2D eigenvalue weighted by molar-refractivity contribution is 5.85. The van der Waals surface area contributed by atoms with Gasteiger partial charge in [-0.2, -0.15) is 20.4 Å². The molecule has 2 aliphatic heterocycles. The van der Waals surface area contributed by atoms with E-state index >= 15 is 4.39 Å². The molecule has 11 heteroatoms.